The van der Waals surface area contributed by atoms with Crippen LogP contribution in [0, 0.1) is 5.92 Å². The van der Waals surface area contributed by atoms with Gasteiger partial charge in [-0.3, -0.25) is 4.79 Å². The summed E-state index contributed by atoms with van der Waals surface area (Å²) >= 11 is 0. The van der Waals surface area contributed by atoms with Crippen LogP contribution in [0.2, 0.25) is 0 Å². The molecule has 0 unspecified atom stereocenters. The summed E-state index contributed by atoms with van der Waals surface area (Å²) in [6, 6.07) is 4.31. The van der Waals surface area contributed by atoms with E-state index in [0.29, 0.717) is 37.9 Å². The van der Waals surface area contributed by atoms with Crippen molar-refractivity contribution in [3.05, 3.63) is 35.4 Å². The summed E-state index contributed by atoms with van der Waals surface area (Å²) in [5.41, 5.74) is -0.378. The van der Waals surface area contributed by atoms with Gasteiger partial charge >= 0.3 is 6.18 Å². The molecule has 1 aliphatic rings. The number of benzene rings is 1. The number of carbonyl (C=O) groups excluding carboxylic acids is 1. The number of sulfonamides is 1. The summed E-state index contributed by atoms with van der Waals surface area (Å²) in [6.07, 6.45) is -3.08. The third-order valence-electron chi connectivity index (χ3n) is 4.75. The van der Waals surface area contributed by atoms with E-state index < -0.39 is 27.8 Å². The molecule has 1 aromatic carbocycles. The van der Waals surface area contributed by atoms with Crippen molar-refractivity contribution in [3.8, 4) is 0 Å². The Morgan fingerprint density at radius 1 is 1.30 bits per heavy atom. The molecule has 0 saturated carbocycles. The van der Waals surface area contributed by atoms with Crippen LogP contribution in [0.4, 0.5) is 13.2 Å². The fourth-order valence-electron chi connectivity index (χ4n) is 3.18. The van der Waals surface area contributed by atoms with E-state index in [2.05, 4.69) is 5.32 Å². The molecule has 27 heavy (non-hydrogen) atoms. The van der Waals surface area contributed by atoms with Gasteiger partial charge in [0.25, 0.3) is 0 Å². The van der Waals surface area contributed by atoms with E-state index in [0.717, 1.165) is 12.1 Å². The second-order valence-electron chi connectivity index (χ2n) is 6.84. The lowest BCUT2D eigenvalue weighted by molar-refractivity contribution is -0.137. The fraction of sp³-hybridized carbons (Fsp3) is 0.611. The standard InChI is InChI=1S/C18H25F3N2O3S/c1-3-11-27(25,26)23-9-7-14(8-10-23)17(24)22-13(2)15-5-4-6-16(12-15)18(19,20)21/h4-6,12-14H,3,7-11H2,1-2H3,(H,22,24)/t13-/m0/s1. The quantitative estimate of drug-likeness (QED) is 0.788. The van der Waals surface area contributed by atoms with E-state index in [1.807, 2.05) is 0 Å². The molecule has 0 aromatic heterocycles. The molecule has 9 heteroatoms. The summed E-state index contributed by atoms with van der Waals surface area (Å²) in [5.74, 6) is -0.505. The Morgan fingerprint density at radius 3 is 2.48 bits per heavy atom. The molecule has 1 atom stereocenters. The van der Waals surface area contributed by atoms with Crippen molar-refractivity contribution in [2.24, 2.45) is 5.92 Å². The lowest BCUT2D eigenvalue weighted by Gasteiger charge is -2.31. The van der Waals surface area contributed by atoms with E-state index >= 15 is 0 Å². The van der Waals surface area contributed by atoms with E-state index in [-0.39, 0.29) is 17.6 Å². The first-order chi connectivity index (χ1) is 12.5. The molecule has 1 saturated heterocycles. The predicted octanol–water partition coefficient (Wildman–Crippen LogP) is 3.33. The Morgan fingerprint density at radius 2 is 1.93 bits per heavy atom. The second kappa shape index (κ2) is 8.60. The number of nitrogens with one attached hydrogen (secondary N) is 1. The first-order valence-electron chi connectivity index (χ1n) is 9.00. The molecule has 0 radical (unpaired) electrons. The number of alkyl halides is 3. The Balaban J connectivity index is 1.95. The first-order valence-corrected chi connectivity index (χ1v) is 10.6. The van der Waals surface area contributed by atoms with Crippen molar-refractivity contribution in [2.45, 2.75) is 45.3 Å². The van der Waals surface area contributed by atoms with Gasteiger partial charge in [-0.15, -0.1) is 0 Å². The molecule has 2 rings (SSSR count). The summed E-state index contributed by atoms with van der Waals surface area (Å²) in [6.45, 7) is 4.01. The molecule has 152 valence electrons. The van der Waals surface area contributed by atoms with Crippen LogP contribution in [-0.2, 0) is 21.0 Å². The van der Waals surface area contributed by atoms with Crippen molar-refractivity contribution in [1.82, 2.24) is 9.62 Å². The monoisotopic (exact) mass is 406 g/mol. The maximum absolute atomic E-state index is 12.8. The number of piperidine rings is 1. The van der Waals surface area contributed by atoms with Crippen molar-refractivity contribution < 1.29 is 26.4 Å². The van der Waals surface area contributed by atoms with E-state index in [1.54, 1.807) is 19.9 Å². The van der Waals surface area contributed by atoms with Crippen LogP contribution >= 0.6 is 0 Å². The van der Waals surface area contributed by atoms with Gasteiger partial charge in [0, 0.05) is 19.0 Å². The van der Waals surface area contributed by atoms with Gasteiger partial charge in [-0.05, 0) is 43.9 Å². The molecule has 0 aliphatic carbocycles. The lowest BCUT2D eigenvalue weighted by atomic mass is 9.96. The fourth-order valence-corrected chi connectivity index (χ4v) is 4.72. The minimum Gasteiger partial charge on any atom is -0.349 e. The highest BCUT2D eigenvalue weighted by Gasteiger charge is 2.32. The van der Waals surface area contributed by atoms with E-state index in [1.165, 1.54) is 10.4 Å². The number of hydrogen-bond acceptors (Lipinski definition) is 3. The summed E-state index contributed by atoms with van der Waals surface area (Å²) in [5, 5.41) is 2.75. The minimum atomic E-state index is -4.43. The second-order valence-corrected chi connectivity index (χ2v) is 8.93. The lowest BCUT2D eigenvalue weighted by Crippen LogP contribution is -2.44. The van der Waals surface area contributed by atoms with Crippen LogP contribution in [0.15, 0.2) is 24.3 Å². The van der Waals surface area contributed by atoms with Crippen LogP contribution in [0.3, 0.4) is 0 Å². The van der Waals surface area contributed by atoms with Crippen molar-refractivity contribution in [2.75, 3.05) is 18.8 Å². The number of hydrogen-bond donors (Lipinski definition) is 1. The van der Waals surface area contributed by atoms with Crippen molar-refractivity contribution in [1.29, 1.82) is 0 Å². The van der Waals surface area contributed by atoms with Gasteiger partial charge < -0.3 is 5.32 Å². The first kappa shape index (κ1) is 21.7. The zero-order valence-corrected chi connectivity index (χ0v) is 16.2. The summed E-state index contributed by atoms with van der Waals surface area (Å²) < 4.78 is 64.1. The van der Waals surface area contributed by atoms with Gasteiger partial charge in [-0.25, -0.2) is 12.7 Å². The Bertz CT molecular complexity index is 757. The van der Waals surface area contributed by atoms with Gasteiger partial charge in [0.05, 0.1) is 17.4 Å². The maximum Gasteiger partial charge on any atom is 0.416 e. The van der Waals surface area contributed by atoms with Gasteiger partial charge in [0.1, 0.15) is 0 Å². The molecule has 1 heterocycles. The highest BCUT2D eigenvalue weighted by Crippen LogP contribution is 2.31. The third kappa shape index (κ3) is 5.68. The highest BCUT2D eigenvalue weighted by atomic mass is 32.2. The number of carbonyl (C=O) groups is 1. The molecule has 0 spiro atoms. The number of nitrogens with zero attached hydrogens (tertiary/aromatic N) is 1. The minimum absolute atomic E-state index is 0.0937. The van der Waals surface area contributed by atoms with Crippen LogP contribution in [0.25, 0.3) is 0 Å². The van der Waals surface area contributed by atoms with E-state index in [4.69, 9.17) is 0 Å². The highest BCUT2D eigenvalue weighted by molar-refractivity contribution is 7.89. The van der Waals surface area contributed by atoms with Crippen LogP contribution in [0.5, 0.6) is 0 Å². The van der Waals surface area contributed by atoms with Crippen LogP contribution in [-0.4, -0.2) is 37.5 Å². The molecule has 1 N–H and O–H groups in total. The zero-order valence-electron chi connectivity index (χ0n) is 15.4. The van der Waals surface area contributed by atoms with Gasteiger partial charge in [-0.2, -0.15) is 13.2 Å². The molecule has 0 bridgehead atoms. The van der Waals surface area contributed by atoms with E-state index in [9.17, 15) is 26.4 Å². The topological polar surface area (TPSA) is 66.5 Å². The molecular formula is C18H25F3N2O3S. The van der Waals surface area contributed by atoms with Gasteiger partial charge in [-0.1, -0.05) is 19.1 Å². The predicted molar refractivity (Wildman–Crippen MR) is 96.4 cm³/mol. The molecular weight excluding hydrogens is 381 g/mol. The molecule has 1 aliphatic heterocycles. The van der Waals surface area contributed by atoms with Crippen molar-refractivity contribution >= 4 is 15.9 Å². The van der Waals surface area contributed by atoms with Crippen LogP contribution < -0.4 is 5.32 Å². The average molecular weight is 406 g/mol. The van der Waals surface area contributed by atoms with Gasteiger partial charge in [0.15, 0.2) is 0 Å². The molecule has 1 amide bonds. The van der Waals surface area contributed by atoms with Gasteiger partial charge in [0.2, 0.25) is 15.9 Å². The molecule has 1 aromatic rings. The third-order valence-corrected chi connectivity index (χ3v) is 6.83. The average Bonchev–Trinajstić information content (AvgIpc) is 2.61. The molecule has 1 fully saturated rings. The molecule has 5 nitrogen and oxygen atoms in total. The Hall–Kier alpha value is -1.61. The summed E-state index contributed by atoms with van der Waals surface area (Å²) in [7, 11) is -3.27. The number of amides is 1. The smallest absolute Gasteiger partial charge is 0.349 e. The SMILES string of the molecule is CCCS(=O)(=O)N1CCC(C(=O)N[C@@H](C)c2cccc(C(F)(F)F)c2)CC1. The zero-order chi connectivity index (χ0) is 20.2. The number of halogens is 3. The normalized spacial score (nSPS) is 18.3. The maximum atomic E-state index is 12.8. The Labute approximate surface area is 158 Å². The van der Waals surface area contributed by atoms with Crippen molar-refractivity contribution in [3.63, 3.8) is 0 Å². The number of rotatable bonds is 6. The van der Waals surface area contributed by atoms with Crippen LogP contribution in [0.1, 0.15) is 50.3 Å². The Kier molecular flexibility index (Phi) is 6.91. The summed E-state index contributed by atoms with van der Waals surface area (Å²) in [4.78, 5) is 12.4. The largest absolute Gasteiger partial charge is 0.416 e.